The molecule has 162 valence electrons. The van der Waals surface area contributed by atoms with Gasteiger partial charge in [0, 0.05) is 38.0 Å². The third-order valence-electron chi connectivity index (χ3n) is 5.82. The summed E-state index contributed by atoms with van der Waals surface area (Å²) in [7, 11) is -3.48. The molecule has 2 aliphatic heterocycles. The molecule has 1 aromatic heterocycles. The van der Waals surface area contributed by atoms with Crippen molar-refractivity contribution in [2.24, 2.45) is 0 Å². The van der Waals surface area contributed by atoms with Crippen LogP contribution in [0.1, 0.15) is 37.3 Å². The first-order chi connectivity index (χ1) is 14.6. The van der Waals surface area contributed by atoms with E-state index >= 15 is 0 Å². The summed E-state index contributed by atoms with van der Waals surface area (Å²) >= 11 is 1.64. The average Bonchev–Trinajstić information content (AvgIpc) is 3.29. The topological polar surface area (TPSA) is 80.6 Å². The van der Waals surface area contributed by atoms with E-state index in [2.05, 4.69) is 19.7 Å². The quantitative estimate of drug-likeness (QED) is 0.601. The van der Waals surface area contributed by atoms with Gasteiger partial charge in [-0.3, -0.25) is 4.57 Å². The molecule has 30 heavy (non-hydrogen) atoms. The molecule has 0 spiro atoms. The van der Waals surface area contributed by atoms with Gasteiger partial charge in [-0.1, -0.05) is 23.9 Å². The van der Waals surface area contributed by atoms with Crippen LogP contribution in [0.5, 0.6) is 0 Å². The molecule has 2 saturated heterocycles. The van der Waals surface area contributed by atoms with Crippen LogP contribution in [0.3, 0.4) is 0 Å². The van der Waals surface area contributed by atoms with Crippen molar-refractivity contribution in [3.8, 4) is 0 Å². The number of sulfonamides is 1. The van der Waals surface area contributed by atoms with E-state index < -0.39 is 10.0 Å². The molecule has 0 bridgehead atoms. The minimum atomic E-state index is -3.48. The molecule has 1 saturated carbocycles. The summed E-state index contributed by atoms with van der Waals surface area (Å²) in [5, 5.41) is 9.90. The lowest BCUT2D eigenvalue weighted by Gasteiger charge is -2.26. The summed E-state index contributed by atoms with van der Waals surface area (Å²) in [6.45, 7) is 3.82. The van der Waals surface area contributed by atoms with Gasteiger partial charge in [0.15, 0.2) is 5.16 Å². The normalized spacial score (nSPS) is 20.7. The molecule has 0 N–H and O–H groups in total. The van der Waals surface area contributed by atoms with E-state index in [-0.39, 0.29) is 0 Å². The highest BCUT2D eigenvalue weighted by atomic mass is 32.2. The van der Waals surface area contributed by atoms with Crippen molar-refractivity contribution in [1.82, 2.24) is 19.1 Å². The van der Waals surface area contributed by atoms with Gasteiger partial charge in [-0.05, 0) is 43.4 Å². The predicted octanol–water partition coefficient (Wildman–Crippen LogP) is 2.53. The van der Waals surface area contributed by atoms with Crippen molar-refractivity contribution < 1.29 is 13.2 Å². The number of hydrogen-bond acceptors (Lipinski definition) is 7. The summed E-state index contributed by atoms with van der Waals surface area (Å²) in [5.41, 5.74) is 0.974. The van der Waals surface area contributed by atoms with Gasteiger partial charge >= 0.3 is 0 Å². The standard InChI is InChI=1S/C20H27N5O3S2/c26-30(27,24-10-12-28-13-11-24)18-5-3-4-16(14-18)15-29-20-22-21-19(23-8-1-2-9-23)25(20)17-6-7-17/h3-5,14,17H,1-2,6-13,15H2. The maximum absolute atomic E-state index is 12.9. The Morgan fingerprint density at radius 1 is 1.07 bits per heavy atom. The molecule has 2 aromatic rings. The van der Waals surface area contributed by atoms with Crippen LogP contribution in [0, 0.1) is 0 Å². The third kappa shape index (κ3) is 4.10. The molecule has 0 amide bonds. The molecule has 0 atom stereocenters. The number of nitrogens with zero attached hydrogens (tertiary/aromatic N) is 5. The Kier molecular flexibility index (Phi) is 5.74. The number of benzene rings is 1. The van der Waals surface area contributed by atoms with Crippen LogP contribution < -0.4 is 4.90 Å². The summed E-state index contributed by atoms with van der Waals surface area (Å²) in [5.74, 6) is 1.67. The zero-order valence-electron chi connectivity index (χ0n) is 16.9. The van der Waals surface area contributed by atoms with Crippen LogP contribution >= 0.6 is 11.8 Å². The van der Waals surface area contributed by atoms with Gasteiger partial charge in [-0.2, -0.15) is 4.31 Å². The highest BCUT2D eigenvalue weighted by Crippen LogP contribution is 2.42. The second kappa shape index (κ2) is 8.49. The van der Waals surface area contributed by atoms with E-state index in [1.807, 2.05) is 12.1 Å². The summed E-state index contributed by atoms with van der Waals surface area (Å²) < 4.78 is 35.0. The number of morpholine rings is 1. The van der Waals surface area contributed by atoms with Crippen LogP contribution in [-0.4, -0.2) is 66.9 Å². The lowest BCUT2D eigenvalue weighted by Crippen LogP contribution is -2.40. The Hall–Kier alpha value is -1.62. The van der Waals surface area contributed by atoms with Crippen LogP contribution in [0.2, 0.25) is 0 Å². The second-order valence-corrected chi connectivity index (χ2v) is 10.9. The van der Waals surface area contributed by atoms with Crippen LogP contribution in [0.15, 0.2) is 34.3 Å². The van der Waals surface area contributed by atoms with Gasteiger partial charge < -0.3 is 9.64 Å². The van der Waals surface area contributed by atoms with Crippen molar-refractivity contribution in [1.29, 1.82) is 0 Å². The minimum absolute atomic E-state index is 0.351. The fourth-order valence-corrected chi connectivity index (χ4v) is 6.45. The molecule has 8 nitrogen and oxygen atoms in total. The molecular formula is C20H27N5O3S2. The Morgan fingerprint density at radius 2 is 1.83 bits per heavy atom. The average molecular weight is 450 g/mol. The third-order valence-corrected chi connectivity index (χ3v) is 8.73. The molecule has 0 radical (unpaired) electrons. The number of rotatable bonds is 7. The first-order valence-electron chi connectivity index (χ1n) is 10.6. The van der Waals surface area contributed by atoms with Crippen molar-refractivity contribution >= 4 is 27.7 Å². The Balaban J connectivity index is 1.32. The van der Waals surface area contributed by atoms with E-state index in [0.29, 0.717) is 43.0 Å². The summed E-state index contributed by atoms with van der Waals surface area (Å²) in [4.78, 5) is 2.69. The van der Waals surface area contributed by atoms with Gasteiger partial charge in [0.05, 0.1) is 18.1 Å². The lowest BCUT2D eigenvalue weighted by atomic mass is 10.2. The van der Waals surface area contributed by atoms with Crippen molar-refractivity contribution in [2.75, 3.05) is 44.3 Å². The van der Waals surface area contributed by atoms with Crippen LogP contribution in [-0.2, 0) is 20.5 Å². The second-order valence-electron chi connectivity index (χ2n) is 8.03. The zero-order valence-corrected chi connectivity index (χ0v) is 18.6. The molecular weight excluding hydrogens is 422 g/mol. The van der Waals surface area contributed by atoms with E-state index in [1.165, 1.54) is 30.0 Å². The first kappa shape index (κ1) is 20.3. The SMILES string of the molecule is O=S(=O)(c1cccc(CSc2nnc(N3CCCC3)n2C2CC2)c1)N1CCOCC1. The fraction of sp³-hybridized carbons (Fsp3) is 0.600. The van der Waals surface area contributed by atoms with Gasteiger partial charge in [0.25, 0.3) is 0 Å². The maximum Gasteiger partial charge on any atom is 0.243 e. The van der Waals surface area contributed by atoms with Crippen molar-refractivity contribution in [2.45, 2.75) is 47.5 Å². The van der Waals surface area contributed by atoms with Crippen molar-refractivity contribution in [3.63, 3.8) is 0 Å². The molecule has 10 heteroatoms. The monoisotopic (exact) mass is 449 g/mol. The van der Waals surface area contributed by atoms with Gasteiger partial charge in [-0.25, -0.2) is 8.42 Å². The van der Waals surface area contributed by atoms with E-state index in [1.54, 1.807) is 23.9 Å². The number of ether oxygens (including phenoxy) is 1. The summed E-state index contributed by atoms with van der Waals surface area (Å²) in [6, 6.07) is 7.77. The van der Waals surface area contributed by atoms with Crippen LogP contribution in [0.4, 0.5) is 5.95 Å². The molecule has 1 aromatic carbocycles. The molecule has 3 fully saturated rings. The number of thioether (sulfide) groups is 1. The molecule has 1 aliphatic carbocycles. The first-order valence-corrected chi connectivity index (χ1v) is 13.0. The van der Waals surface area contributed by atoms with Crippen molar-refractivity contribution in [3.05, 3.63) is 29.8 Å². The number of anilines is 1. The van der Waals surface area contributed by atoms with Gasteiger partial charge in [0.2, 0.25) is 16.0 Å². The Bertz CT molecular complexity index is 994. The highest BCUT2D eigenvalue weighted by molar-refractivity contribution is 7.98. The lowest BCUT2D eigenvalue weighted by molar-refractivity contribution is 0.0730. The van der Waals surface area contributed by atoms with E-state index in [0.717, 1.165) is 29.8 Å². The van der Waals surface area contributed by atoms with Gasteiger partial charge in [0.1, 0.15) is 0 Å². The molecule has 3 heterocycles. The largest absolute Gasteiger partial charge is 0.379 e. The zero-order chi connectivity index (χ0) is 20.6. The molecule has 3 aliphatic rings. The predicted molar refractivity (Wildman–Crippen MR) is 115 cm³/mol. The summed E-state index contributed by atoms with van der Waals surface area (Å²) in [6.07, 6.45) is 4.79. The fourth-order valence-electron chi connectivity index (χ4n) is 4.03. The molecule has 5 rings (SSSR count). The smallest absolute Gasteiger partial charge is 0.243 e. The maximum atomic E-state index is 12.9. The van der Waals surface area contributed by atoms with Gasteiger partial charge in [-0.15, -0.1) is 10.2 Å². The van der Waals surface area contributed by atoms with E-state index in [9.17, 15) is 8.42 Å². The van der Waals surface area contributed by atoms with E-state index in [4.69, 9.17) is 4.74 Å². The number of hydrogen-bond donors (Lipinski definition) is 0. The molecule has 0 unspecified atom stereocenters. The minimum Gasteiger partial charge on any atom is -0.379 e. The number of aromatic nitrogens is 3. The highest BCUT2D eigenvalue weighted by Gasteiger charge is 2.32. The Morgan fingerprint density at radius 3 is 2.57 bits per heavy atom. The van der Waals surface area contributed by atoms with Crippen LogP contribution in [0.25, 0.3) is 0 Å². The Labute approximate surface area is 181 Å².